The first kappa shape index (κ1) is 27.9. The van der Waals surface area contributed by atoms with Gasteiger partial charge in [0.2, 0.25) is 4.77 Å². The molecule has 0 bridgehead atoms. The molecule has 3 aromatic rings. The first-order chi connectivity index (χ1) is 18.8. The summed E-state index contributed by atoms with van der Waals surface area (Å²) < 4.78 is 24.1. The lowest BCUT2D eigenvalue weighted by molar-refractivity contribution is -0.167. The maximum atomic E-state index is 13.5. The molecule has 10 heteroatoms. The SMILES string of the molecule is CCOC(=O)c1c(-c2ccccc2)nc(=S)n([C@@H]2C=C[C@H](OC(C)=O)[C@@H](COC(C)=O)O2)c1-c1ccccc1. The van der Waals surface area contributed by atoms with E-state index in [9.17, 15) is 14.4 Å². The van der Waals surface area contributed by atoms with Crippen LogP contribution >= 0.6 is 12.2 Å². The summed E-state index contributed by atoms with van der Waals surface area (Å²) in [6.07, 6.45) is 0.811. The van der Waals surface area contributed by atoms with Crippen LogP contribution in [-0.2, 0) is 28.5 Å². The molecule has 9 nitrogen and oxygen atoms in total. The first-order valence-corrected chi connectivity index (χ1v) is 12.8. The highest BCUT2D eigenvalue weighted by Gasteiger charge is 2.34. The van der Waals surface area contributed by atoms with Crippen LogP contribution in [0.3, 0.4) is 0 Å². The van der Waals surface area contributed by atoms with Gasteiger partial charge in [0, 0.05) is 19.4 Å². The molecule has 0 unspecified atom stereocenters. The van der Waals surface area contributed by atoms with E-state index in [1.807, 2.05) is 60.7 Å². The number of hydrogen-bond donors (Lipinski definition) is 0. The molecule has 0 radical (unpaired) electrons. The maximum Gasteiger partial charge on any atom is 0.342 e. The summed E-state index contributed by atoms with van der Waals surface area (Å²) in [5.41, 5.74) is 2.42. The zero-order valence-corrected chi connectivity index (χ0v) is 22.6. The first-order valence-electron chi connectivity index (χ1n) is 12.4. The number of hydrogen-bond acceptors (Lipinski definition) is 9. The summed E-state index contributed by atoms with van der Waals surface area (Å²) in [6.45, 7) is 4.28. The molecule has 0 saturated heterocycles. The predicted molar refractivity (Wildman–Crippen MR) is 145 cm³/mol. The standard InChI is InChI=1S/C29H28N2O7S/c1-4-35-28(34)25-26(20-11-7-5-8-12-20)30-29(39)31(27(25)21-13-9-6-10-14-21)24-16-15-22(37-19(3)33)23(38-24)17-36-18(2)32/h5-16,22-24H,4,17H2,1-3H3/t22-,23+,24-/m0/s1. The van der Waals surface area contributed by atoms with Crippen molar-refractivity contribution in [2.24, 2.45) is 0 Å². The average Bonchev–Trinajstić information content (AvgIpc) is 2.92. The highest BCUT2D eigenvalue weighted by atomic mass is 32.1. The molecule has 1 aromatic heterocycles. The normalized spacial score (nSPS) is 18.3. The fourth-order valence-corrected chi connectivity index (χ4v) is 4.55. The summed E-state index contributed by atoms with van der Waals surface area (Å²) >= 11 is 5.78. The van der Waals surface area contributed by atoms with E-state index in [-0.39, 0.29) is 23.5 Å². The zero-order valence-electron chi connectivity index (χ0n) is 21.7. The van der Waals surface area contributed by atoms with Gasteiger partial charge in [-0.25, -0.2) is 9.78 Å². The van der Waals surface area contributed by atoms with Crippen molar-refractivity contribution < 1.29 is 33.3 Å². The Hall–Kier alpha value is -4.15. The third-order valence-corrected chi connectivity index (χ3v) is 6.14. The van der Waals surface area contributed by atoms with Gasteiger partial charge in [0.15, 0.2) is 6.23 Å². The van der Waals surface area contributed by atoms with Crippen molar-refractivity contribution in [3.05, 3.63) is 83.2 Å². The van der Waals surface area contributed by atoms with E-state index < -0.39 is 36.3 Å². The molecular formula is C29H28N2O7S. The topological polar surface area (TPSA) is 106 Å². The van der Waals surface area contributed by atoms with Crippen LogP contribution in [-0.4, -0.2) is 52.9 Å². The smallest absolute Gasteiger partial charge is 0.342 e. The van der Waals surface area contributed by atoms with Crippen LogP contribution in [0.2, 0.25) is 0 Å². The molecule has 3 atom stereocenters. The van der Waals surface area contributed by atoms with E-state index in [4.69, 9.17) is 31.2 Å². The monoisotopic (exact) mass is 548 g/mol. The number of benzene rings is 2. The van der Waals surface area contributed by atoms with Crippen LogP contribution < -0.4 is 0 Å². The van der Waals surface area contributed by atoms with Crippen LogP contribution in [0.5, 0.6) is 0 Å². The van der Waals surface area contributed by atoms with Gasteiger partial charge in [0.25, 0.3) is 0 Å². The third kappa shape index (κ3) is 6.47. The molecule has 0 saturated carbocycles. The Bertz CT molecular complexity index is 1440. The van der Waals surface area contributed by atoms with Gasteiger partial charge in [-0.1, -0.05) is 60.7 Å². The number of ether oxygens (including phenoxy) is 4. The number of carbonyl (C=O) groups is 3. The number of aromatic nitrogens is 2. The van der Waals surface area contributed by atoms with E-state index in [1.54, 1.807) is 23.6 Å². The highest BCUT2D eigenvalue weighted by molar-refractivity contribution is 7.71. The van der Waals surface area contributed by atoms with Crippen molar-refractivity contribution in [3.63, 3.8) is 0 Å². The Labute approximate surface area is 231 Å². The average molecular weight is 549 g/mol. The minimum atomic E-state index is -0.870. The number of rotatable bonds is 8. The molecule has 2 heterocycles. The van der Waals surface area contributed by atoms with Crippen molar-refractivity contribution in [2.45, 2.75) is 39.2 Å². The second-order valence-corrected chi connectivity index (χ2v) is 8.98. The molecular weight excluding hydrogens is 520 g/mol. The molecule has 2 aromatic carbocycles. The van der Waals surface area contributed by atoms with Crippen molar-refractivity contribution >= 4 is 30.1 Å². The van der Waals surface area contributed by atoms with Gasteiger partial charge in [-0.2, -0.15) is 0 Å². The van der Waals surface area contributed by atoms with Gasteiger partial charge in [-0.05, 0) is 36.9 Å². The largest absolute Gasteiger partial charge is 0.463 e. The van der Waals surface area contributed by atoms with Crippen molar-refractivity contribution in [1.82, 2.24) is 9.55 Å². The van der Waals surface area contributed by atoms with E-state index >= 15 is 0 Å². The molecule has 0 spiro atoms. The van der Waals surface area contributed by atoms with Gasteiger partial charge in [0.05, 0.1) is 18.0 Å². The van der Waals surface area contributed by atoms with E-state index in [2.05, 4.69) is 4.98 Å². The minimum Gasteiger partial charge on any atom is -0.463 e. The molecule has 39 heavy (non-hydrogen) atoms. The van der Waals surface area contributed by atoms with Crippen LogP contribution in [0, 0.1) is 4.77 Å². The number of esters is 3. The Morgan fingerprint density at radius 2 is 1.56 bits per heavy atom. The Balaban J connectivity index is 1.95. The molecule has 202 valence electrons. The van der Waals surface area contributed by atoms with Gasteiger partial charge in [-0.15, -0.1) is 0 Å². The molecule has 0 fully saturated rings. The summed E-state index contributed by atoms with van der Waals surface area (Å²) in [7, 11) is 0. The predicted octanol–water partition coefficient (Wildman–Crippen LogP) is 5.07. The van der Waals surface area contributed by atoms with E-state index in [1.165, 1.54) is 13.8 Å². The van der Waals surface area contributed by atoms with Crippen molar-refractivity contribution in [1.29, 1.82) is 0 Å². The fraction of sp³-hybridized carbons (Fsp3) is 0.276. The summed E-state index contributed by atoms with van der Waals surface area (Å²) in [5.74, 6) is -1.59. The Morgan fingerprint density at radius 1 is 0.923 bits per heavy atom. The molecule has 4 rings (SSSR count). The van der Waals surface area contributed by atoms with Gasteiger partial charge >= 0.3 is 17.9 Å². The molecule has 0 N–H and O–H groups in total. The third-order valence-electron chi connectivity index (χ3n) is 5.86. The Morgan fingerprint density at radius 3 is 2.15 bits per heavy atom. The second-order valence-electron chi connectivity index (χ2n) is 8.62. The summed E-state index contributed by atoms with van der Waals surface area (Å²) in [6, 6.07) is 18.5. The van der Waals surface area contributed by atoms with E-state index in [0.717, 1.165) is 0 Å². The number of carbonyl (C=O) groups excluding carboxylic acids is 3. The summed E-state index contributed by atoms with van der Waals surface area (Å²) in [4.78, 5) is 41.4. The zero-order chi connectivity index (χ0) is 27.9. The Kier molecular flexibility index (Phi) is 9.00. The maximum absolute atomic E-state index is 13.5. The summed E-state index contributed by atoms with van der Waals surface area (Å²) in [5, 5.41) is 0. The lowest BCUT2D eigenvalue weighted by Crippen LogP contribution is -2.40. The van der Waals surface area contributed by atoms with Crippen LogP contribution in [0.1, 0.15) is 37.4 Å². The fourth-order valence-electron chi connectivity index (χ4n) is 4.27. The highest BCUT2D eigenvalue weighted by Crippen LogP contribution is 2.36. The quantitative estimate of drug-likeness (QED) is 0.165. The molecule has 0 aliphatic carbocycles. The van der Waals surface area contributed by atoms with Crippen molar-refractivity contribution in [3.8, 4) is 22.5 Å². The number of nitrogens with zero attached hydrogens (tertiary/aromatic N) is 2. The second kappa shape index (κ2) is 12.6. The van der Waals surface area contributed by atoms with Crippen LogP contribution in [0.15, 0.2) is 72.8 Å². The lowest BCUT2D eigenvalue weighted by Gasteiger charge is -2.34. The minimum absolute atomic E-state index is 0.146. The van der Waals surface area contributed by atoms with Crippen LogP contribution in [0.25, 0.3) is 22.5 Å². The molecule has 1 aliphatic rings. The lowest BCUT2D eigenvalue weighted by atomic mass is 9.99. The van der Waals surface area contributed by atoms with Crippen molar-refractivity contribution in [2.75, 3.05) is 13.2 Å². The van der Waals surface area contributed by atoms with Gasteiger partial charge in [0.1, 0.15) is 24.4 Å². The van der Waals surface area contributed by atoms with E-state index in [0.29, 0.717) is 22.5 Å². The molecule has 1 aliphatic heterocycles. The van der Waals surface area contributed by atoms with Crippen LogP contribution in [0.4, 0.5) is 0 Å². The molecule has 0 amide bonds. The van der Waals surface area contributed by atoms with Gasteiger partial charge < -0.3 is 18.9 Å². The van der Waals surface area contributed by atoms with Gasteiger partial charge in [-0.3, -0.25) is 14.2 Å².